The third kappa shape index (κ3) is 4.87. The Hall–Kier alpha value is -1.75. The van der Waals surface area contributed by atoms with Crippen LogP contribution in [0.25, 0.3) is 0 Å². The van der Waals surface area contributed by atoms with Crippen molar-refractivity contribution in [3.05, 3.63) is 29.8 Å². The van der Waals surface area contributed by atoms with Crippen LogP contribution < -0.4 is 15.4 Å². The molecular formula is C19H28N2O3. The molecule has 1 aliphatic carbocycles. The number of rotatable bonds is 6. The monoisotopic (exact) mass is 332 g/mol. The van der Waals surface area contributed by atoms with E-state index in [4.69, 9.17) is 9.47 Å². The molecule has 2 atom stereocenters. The minimum absolute atomic E-state index is 0.124. The fraction of sp³-hybridized carbons (Fsp3) is 0.632. The predicted octanol–water partition coefficient (Wildman–Crippen LogP) is 3.23. The first kappa shape index (κ1) is 17.1. The van der Waals surface area contributed by atoms with Crippen molar-refractivity contribution >= 4 is 6.03 Å². The zero-order valence-corrected chi connectivity index (χ0v) is 14.4. The maximum atomic E-state index is 12.0. The molecule has 2 fully saturated rings. The molecule has 0 spiro atoms. The summed E-state index contributed by atoms with van der Waals surface area (Å²) in [5.41, 5.74) is 1.07. The summed E-state index contributed by atoms with van der Waals surface area (Å²) in [5.74, 6) is 1.34. The fourth-order valence-electron chi connectivity index (χ4n) is 3.39. The number of amides is 2. The van der Waals surface area contributed by atoms with Gasteiger partial charge in [-0.25, -0.2) is 4.79 Å². The summed E-state index contributed by atoms with van der Waals surface area (Å²) < 4.78 is 11.3. The van der Waals surface area contributed by atoms with Gasteiger partial charge < -0.3 is 20.1 Å². The van der Waals surface area contributed by atoms with Gasteiger partial charge >= 0.3 is 6.03 Å². The van der Waals surface area contributed by atoms with Gasteiger partial charge in [-0.2, -0.15) is 0 Å². The summed E-state index contributed by atoms with van der Waals surface area (Å²) in [6.45, 7) is 4.09. The average molecular weight is 332 g/mol. The standard InChI is InChI=1S/C19H28N2O3/c1-14(16-10-11-23-13-16)21-19(22)20-12-15-6-8-18(9-7-15)24-17-4-2-3-5-17/h6-9,14,16-17H,2-5,10-13H2,1H3,(H2,20,21,22)/t14-,16+/m0/s1. The number of carbonyl (C=O) groups is 1. The van der Waals surface area contributed by atoms with Gasteiger partial charge in [0.25, 0.3) is 0 Å². The Labute approximate surface area is 144 Å². The van der Waals surface area contributed by atoms with Gasteiger partial charge in [0.15, 0.2) is 0 Å². The van der Waals surface area contributed by atoms with Gasteiger partial charge in [0.1, 0.15) is 5.75 Å². The second-order valence-corrected chi connectivity index (χ2v) is 6.91. The molecule has 2 aliphatic rings. The Morgan fingerprint density at radius 2 is 2.00 bits per heavy atom. The first-order valence-corrected chi connectivity index (χ1v) is 9.08. The molecule has 3 rings (SSSR count). The van der Waals surface area contributed by atoms with Gasteiger partial charge in [-0.3, -0.25) is 0 Å². The van der Waals surface area contributed by atoms with Crippen molar-refractivity contribution < 1.29 is 14.3 Å². The highest BCUT2D eigenvalue weighted by molar-refractivity contribution is 5.74. The molecule has 2 amide bonds. The molecule has 1 heterocycles. The lowest BCUT2D eigenvalue weighted by molar-refractivity contribution is 0.178. The van der Waals surface area contributed by atoms with Gasteiger partial charge in [-0.15, -0.1) is 0 Å². The van der Waals surface area contributed by atoms with E-state index >= 15 is 0 Å². The summed E-state index contributed by atoms with van der Waals surface area (Å²) in [7, 11) is 0. The highest BCUT2D eigenvalue weighted by atomic mass is 16.5. The van der Waals surface area contributed by atoms with Gasteiger partial charge in [0, 0.05) is 25.1 Å². The van der Waals surface area contributed by atoms with Crippen LogP contribution in [0.5, 0.6) is 5.75 Å². The summed E-state index contributed by atoms with van der Waals surface area (Å²) in [5, 5.41) is 5.91. The van der Waals surface area contributed by atoms with Crippen molar-refractivity contribution in [2.45, 2.75) is 57.7 Å². The summed E-state index contributed by atoms with van der Waals surface area (Å²) in [4.78, 5) is 12.0. The molecule has 5 heteroatoms. The van der Waals surface area contributed by atoms with Crippen LogP contribution >= 0.6 is 0 Å². The van der Waals surface area contributed by atoms with Crippen LogP contribution in [0.3, 0.4) is 0 Å². The number of ether oxygens (including phenoxy) is 2. The van der Waals surface area contributed by atoms with Crippen molar-refractivity contribution in [1.29, 1.82) is 0 Å². The van der Waals surface area contributed by atoms with E-state index in [1.54, 1.807) is 0 Å². The lowest BCUT2D eigenvalue weighted by atomic mass is 10.0. The smallest absolute Gasteiger partial charge is 0.315 e. The molecule has 5 nitrogen and oxygen atoms in total. The summed E-state index contributed by atoms with van der Waals surface area (Å²) in [6.07, 6.45) is 6.26. The van der Waals surface area contributed by atoms with E-state index in [2.05, 4.69) is 10.6 Å². The van der Waals surface area contributed by atoms with Crippen molar-refractivity contribution in [1.82, 2.24) is 10.6 Å². The fourth-order valence-corrected chi connectivity index (χ4v) is 3.39. The topological polar surface area (TPSA) is 59.6 Å². The zero-order valence-electron chi connectivity index (χ0n) is 14.4. The van der Waals surface area contributed by atoms with Crippen molar-refractivity contribution in [3.63, 3.8) is 0 Å². The predicted molar refractivity (Wildman–Crippen MR) is 93.1 cm³/mol. The molecule has 0 aromatic heterocycles. The van der Waals surface area contributed by atoms with Crippen LogP contribution in [0, 0.1) is 5.92 Å². The number of nitrogens with one attached hydrogen (secondary N) is 2. The van der Waals surface area contributed by atoms with Crippen molar-refractivity contribution in [3.8, 4) is 5.75 Å². The molecule has 132 valence electrons. The maximum Gasteiger partial charge on any atom is 0.315 e. The molecule has 0 unspecified atom stereocenters. The third-order valence-electron chi connectivity index (χ3n) is 5.01. The molecule has 0 bridgehead atoms. The SMILES string of the molecule is C[C@H](NC(=O)NCc1ccc(OC2CCCC2)cc1)[C@@H]1CCOC1. The normalized spacial score (nSPS) is 22.3. The van der Waals surface area contributed by atoms with E-state index in [1.807, 2.05) is 31.2 Å². The summed E-state index contributed by atoms with van der Waals surface area (Å²) >= 11 is 0. The van der Waals surface area contributed by atoms with Crippen molar-refractivity contribution in [2.75, 3.05) is 13.2 Å². The molecule has 1 aromatic rings. The van der Waals surface area contributed by atoms with E-state index in [-0.39, 0.29) is 12.1 Å². The largest absolute Gasteiger partial charge is 0.490 e. The molecule has 1 aliphatic heterocycles. The Morgan fingerprint density at radius 3 is 2.67 bits per heavy atom. The zero-order chi connectivity index (χ0) is 16.8. The average Bonchev–Trinajstić information content (AvgIpc) is 3.28. The number of benzene rings is 1. The van der Waals surface area contributed by atoms with Crippen LogP contribution in [0.15, 0.2) is 24.3 Å². The van der Waals surface area contributed by atoms with E-state index in [0.717, 1.165) is 43.8 Å². The van der Waals surface area contributed by atoms with Gasteiger partial charge in [-0.05, 0) is 56.7 Å². The van der Waals surface area contributed by atoms with E-state index in [9.17, 15) is 4.79 Å². The van der Waals surface area contributed by atoms with Crippen LogP contribution in [0.4, 0.5) is 4.79 Å². The highest BCUT2D eigenvalue weighted by Crippen LogP contribution is 2.24. The lowest BCUT2D eigenvalue weighted by Gasteiger charge is -2.19. The van der Waals surface area contributed by atoms with Gasteiger partial charge in [0.2, 0.25) is 0 Å². The van der Waals surface area contributed by atoms with E-state index in [0.29, 0.717) is 18.6 Å². The molecule has 24 heavy (non-hydrogen) atoms. The lowest BCUT2D eigenvalue weighted by Crippen LogP contribution is -2.44. The van der Waals surface area contributed by atoms with Crippen LogP contribution in [-0.2, 0) is 11.3 Å². The van der Waals surface area contributed by atoms with Gasteiger partial charge in [0.05, 0.1) is 12.7 Å². The molecule has 2 N–H and O–H groups in total. The minimum atomic E-state index is -0.124. The quantitative estimate of drug-likeness (QED) is 0.841. The number of carbonyl (C=O) groups excluding carboxylic acids is 1. The molecule has 1 saturated carbocycles. The number of urea groups is 1. The van der Waals surface area contributed by atoms with Crippen LogP contribution in [-0.4, -0.2) is 31.4 Å². The van der Waals surface area contributed by atoms with Gasteiger partial charge in [-0.1, -0.05) is 12.1 Å². The van der Waals surface area contributed by atoms with E-state index < -0.39 is 0 Å². The second-order valence-electron chi connectivity index (χ2n) is 6.91. The Morgan fingerprint density at radius 1 is 1.25 bits per heavy atom. The number of hydrogen-bond donors (Lipinski definition) is 2. The first-order chi connectivity index (χ1) is 11.7. The first-order valence-electron chi connectivity index (χ1n) is 9.08. The van der Waals surface area contributed by atoms with Crippen molar-refractivity contribution in [2.24, 2.45) is 5.92 Å². The van der Waals surface area contributed by atoms with Crippen LogP contribution in [0.1, 0.15) is 44.6 Å². The Balaban J connectivity index is 1.39. The Bertz CT molecular complexity index is 520. The maximum absolute atomic E-state index is 12.0. The third-order valence-corrected chi connectivity index (χ3v) is 5.01. The highest BCUT2D eigenvalue weighted by Gasteiger charge is 2.23. The molecule has 1 aromatic carbocycles. The minimum Gasteiger partial charge on any atom is -0.490 e. The van der Waals surface area contributed by atoms with Crippen LogP contribution in [0.2, 0.25) is 0 Å². The Kier molecular flexibility index (Phi) is 5.96. The molecular weight excluding hydrogens is 304 g/mol. The molecule has 1 saturated heterocycles. The molecule has 0 radical (unpaired) electrons. The van der Waals surface area contributed by atoms with E-state index in [1.165, 1.54) is 12.8 Å². The summed E-state index contributed by atoms with van der Waals surface area (Å²) in [6, 6.07) is 8.02. The second kappa shape index (κ2) is 8.38. The number of hydrogen-bond acceptors (Lipinski definition) is 3.